The van der Waals surface area contributed by atoms with Crippen LogP contribution in [0.4, 0.5) is 0 Å². The number of hydrogen-bond acceptors (Lipinski definition) is 13. The van der Waals surface area contributed by atoms with Crippen molar-refractivity contribution in [1.82, 2.24) is 4.90 Å². The second kappa shape index (κ2) is 33.2. The first-order valence-corrected chi connectivity index (χ1v) is 13.8. The quantitative estimate of drug-likeness (QED) is 0.0740. The van der Waals surface area contributed by atoms with E-state index in [4.69, 9.17) is 59.8 Å². The monoisotopic (exact) mass is 570 g/mol. The van der Waals surface area contributed by atoms with Gasteiger partial charge in [-0.05, 0) is 0 Å². The highest BCUT2D eigenvalue weighted by molar-refractivity contribution is 5.73. The van der Waals surface area contributed by atoms with Crippen molar-refractivity contribution in [1.29, 1.82) is 0 Å². The molecule has 0 aromatic carbocycles. The Balaban J connectivity index is 3.89. The van der Waals surface area contributed by atoms with E-state index in [9.17, 15) is 4.79 Å². The maximum atomic E-state index is 10.6. The predicted octanol–water partition coefficient (Wildman–Crippen LogP) is -1.77. The molecule has 0 fully saturated rings. The summed E-state index contributed by atoms with van der Waals surface area (Å²) in [4.78, 5) is 12.9. The van der Waals surface area contributed by atoms with Gasteiger partial charge in [-0.3, -0.25) is 9.69 Å². The van der Waals surface area contributed by atoms with E-state index in [-0.39, 0.29) is 12.3 Å². The average molecular weight is 571 g/mol. The van der Waals surface area contributed by atoms with E-state index in [1.54, 1.807) is 0 Å². The van der Waals surface area contributed by atoms with Crippen molar-refractivity contribution in [3.63, 3.8) is 0 Å². The lowest BCUT2D eigenvalue weighted by molar-refractivity contribution is -0.119. The molecule has 0 rings (SSSR count). The first kappa shape index (κ1) is 38.0. The lowest BCUT2D eigenvalue weighted by atomic mass is 10.4. The molecule has 0 aromatic heterocycles. The molecule has 0 spiro atoms. The number of hydrogen-bond donors (Lipinski definition) is 3. The summed E-state index contributed by atoms with van der Waals surface area (Å²) in [6.45, 7) is 12.4. The molecule has 0 aromatic rings. The minimum absolute atomic E-state index is 0.216. The van der Waals surface area contributed by atoms with E-state index in [0.29, 0.717) is 132 Å². The normalized spacial score (nSPS) is 11.6. The summed E-state index contributed by atoms with van der Waals surface area (Å²) in [5.74, 6) is -0.375. The van der Waals surface area contributed by atoms with Crippen LogP contribution in [-0.4, -0.2) is 162 Å². The lowest BCUT2D eigenvalue weighted by Crippen LogP contribution is -2.34. The van der Waals surface area contributed by atoms with Crippen LogP contribution < -0.4 is 17.2 Å². The summed E-state index contributed by atoms with van der Waals surface area (Å²) in [7, 11) is 0. The van der Waals surface area contributed by atoms with Crippen molar-refractivity contribution in [2.45, 2.75) is 6.42 Å². The Morgan fingerprint density at radius 2 is 0.667 bits per heavy atom. The first-order valence-electron chi connectivity index (χ1n) is 13.8. The standard InChI is InChI=1S/C25H54N4O10/c26-2-8-32-14-20-38-23-17-35-11-5-29(6-12-36-18-24-39-21-15-33-9-3-27)4-10-34-16-22-37-19-13-31-7-1-25(28)30/h1-24,26-27H2,(H2,28,30). The van der Waals surface area contributed by atoms with Crippen molar-refractivity contribution < 1.29 is 47.4 Å². The minimum Gasteiger partial charge on any atom is -0.379 e. The van der Waals surface area contributed by atoms with Crippen LogP contribution in [0, 0.1) is 0 Å². The van der Waals surface area contributed by atoms with E-state index in [0.717, 1.165) is 19.6 Å². The van der Waals surface area contributed by atoms with Crippen LogP contribution in [0.25, 0.3) is 0 Å². The molecule has 0 aliphatic heterocycles. The van der Waals surface area contributed by atoms with E-state index in [1.165, 1.54) is 0 Å². The van der Waals surface area contributed by atoms with Gasteiger partial charge in [0, 0.05) is 39.1 Å². The molecule has 234 valence electrons. The number of ether oxygens (including phenoxy) is 9. The molecule has 14 nitrogen and oxygen atoms in total. The second-order valence-corrected chi connectivity index (χ2v) is 8.15. The van der Waals surface area contributed by atoms with Crippen molar-refractivity contribution in [2.75, 3.05) is 152 Å². The second-order valence-electron chi connectivity index (χ2n) is 8.15. The number of amides is 1. The highest BCUT2D eigenvalue weighted by Gasteiger charge is 2.06. The molecular weight excluding hydrogens is 516 g/mol. The predicted molar refractivity (Wildman–Crippen MR) is 146 cm³/mol. The van der Waals surface area contributed by atoms with Crippen LogP contribution in [0.3, 0.4) is 0 Å². The van der Waals surface area contributed by atoms with Crippen molar-refractivity contribution in [3.05, 3.63) is 0 Å². The Morgan fingerprint density at radius 3 is 0.949 bits per heavy atom. The Labute approximate surface area is 233 Å². The zero-order valence-electron chi connectivity index (χ0n) is 23.7. The number of nitrogens with two attached hydrogens (primary N) is 3. The Morgan fingerprint density at radius 1 is 0.410 bits per heavy atom. The molecule has 0 radical (unpaired) electrons. The van der Waals surface area contributed by atoms with E-state index in [1.807, 2.05) is 0 Å². The minimum atomic E-state index is -0.375. The lowest BCUT2D eigenvalue weighted by Gasteiger charge is -2.22. The highest BCUT2D eigenvalue weighted by Crippen LogP contribution is 1.93. The van der Waals surface area contributed by atoms with Crippen LogP contribution in [-0.2, 0) is 47.4 Å². The fraction of sp³-hybridized carbons (Fsp3) is 0.960. The number of rotatable bonds is 34. The number of carbonyl (C=O) groups is 1. The number of carbonyl (C=O) groups excluding carboxylic acids is 1. The van der Waals surface area contributed by atoms with E-state index < -0.39 is 0 Å². The molecular formula is C25H54N4O10. The van der Waals surface area contributed by atoms with Gasteiger partial charge in [0.25, 0.3) is 0 Å². The molecule has 0 aliphatic carbocycles. The van der Waals surface area contributed by atoms with Crippen LogP contribution in [0.15, 0.2) is 0 Å². The molecule has 39 heavy (non-hydrogen) atoms. The zero-order chi connectivity index (χ0) is 28.5. The zero-order valence-corrected chi connectivity index (χ0v) is 23.7. The van der Waals surface area contributed by atoms with Crippen LogP contribution in [0.1, 0.15) is 6.42 Å². The molecule has 6 N–H and O–H groups in total. The van der Waals surface area contributed by atoms with Gasteiger partial charge in [-0.2, -0.15) is 0 Å². The average Bonchev–Trinajstić information content (AvgIpc) is 2.93. The Hall–Kier alpha value is -1.01. The fourth-order valence-electron chi connectivity index (χ4n) is 2.88. The summed E-state index contributed by atoms with van der Waals surface area (Å²) in [5, 5.41) is 0. The highest BCUT2D eigenvalue weighted by atomic mass is 16.6. The third kappa shape index (κ3) is 33.1. The van der Waals surface area contributed by atoms with Gasteiger partial charge in [0.2, 0.25) is 5.91 Å². The SMILES string of the molecule is NCCOCCOCCOCCN(CCOCCOCCOCCN)CCOCCOCCOCCC(N)=O. The summed E-state index contributed by atoms with van der Waals surface area (Å²) >= 11 is 0. The molecule has 0 bridgehead atoms. The van der Waals surface area contributed by atoms with Crippen LogP contribution in [0.2, 0.25) is 0 Å². The largest absolute Gasteiger partial charge is 0.379 e. The van der Waals surface area contributed by atoms with Gasteiger partial charge < -0.3 is 59.8 Å². The molecule has 0 aliphatic rings. The molecule has 0 saturated heterocycles. The molecule has 14 heteroatoms. The van der Waals surface area contributed by atoms with Crippen molar-refractivity contribution in [3.8, 4) is 0 Å². The smallest absolute Gasteiger partial charge is 0.219 e. The van der Waals surface area contributed by atoms with Gasteiger partial charge in [0.15, 0.2) is 0 Å². The van der Waals surface area contributed by atoms with Crippen LogP contribution >= 0.6 is 0 Å². The maximum absolute atomic E-state index is 10.6. The summed E-state index contributed by atoms with van der Waals surface area (Å²) in [6, 6.07) is 0. The fourth-order valence-corrected chi connectivity index (χ4v) is 2.88. The summed E-state index contributed by atoms with van der Waals surface area (Å²) in [5.41, 5.74) is 15.8. The molecule has 1 amide bonds. The Kier molecular flexibility index (Phi) is 32.3. The van der Waals surface area contributed by atoms with E-state index >= 15 is 0 Å². The van der Waals surface area contributed by atoms with Crippen molar-refractivity contribution in [2.24, 2.45) is 17.2 Å². The number of nitrogens with zero attached hydrogens (tertiary/aromatic N) is 1. The molecule has 0 atom stereocenters. The van der Waals surface area contributed by atoms with Gasteiger partial charge in [0.05, 0.1) is 119 Å². The van der Waals surface area contributed by atoms with Crippen molar-refractivity contribution >= 4 is 5.91 Å². The molecule has 0 unspecified atom stereocenters. The third-order valence-electron chi connectivity index (χ3n) is 4.90. The van der Waals surface area contributed by atoms with Gasteiger partial charge in [0.1, 0.15) is 0 Å². The van der Waals surface area contributed by atoms with Crippen LogP contribution in [0.5, 0.6) is 0 Å². The van der Waals surface area contributed by atoms with E-state index in [2.05, 4.69) is 4.90 Å². The first-order chi connectivity index (χ1) is 19.2. The molecule has 0 saturated carbocycles. The van der Waals surface area contributed by atoms with Gasteiger partial charge in [-0.15, -0.1) is 0 Å². The van der Waals surface area contributed by atoms with Gasteiger partial charge in [-0.25, -0.2) is 0 Å². The van der Waals surface area contributed by atoms with Gasteiger partial charge >= 0.3 is 0 Å². The summed E-state index contributed by atoms with van der Waals surface area (Å²) in [6.07, 6.45) is 0.216. The third-order valence-corrected chi connectivity index (χ3v) is 4.90. The Bertz CT molecular complexity index is 474. The van der Waals surface area contributed by atoms with Gasteiger partial charge in [-0.1, -0.05) is 0 Å². The maximum Gasteiger partial charge on any atom is 0.219 e. The topological polar surface area (TPSA) is 181 Å². The summed E-state index contributed by atoms with van der Waals surface area (Å²) < 4.78 is 49.2. The number of primary amides is 1. The molecule has 0 heterocycles.